The second-order valence-electron chi connectivity index (χ2n) is 13.8. The molecule has 0 aromatic carbocycles. The Morgan fingerprint density at radius 1 is 0.596 bits per heavy atom. The van der Waals surface area contributed by atoms with E-state index in [4.69, 9.17) is 9.47 Å². The molecule has 0 heterocycles. The van der Waals surface area contributed by atoms with Crippen molar-refractivity contribution in [3.63, 3.8) is 0 Å². The topological polar surface area (TPSA) is 55.8 Å². The van der Waals surface area contributed by atoms with Crippen LogP contribution < -0.4 is 0 Å². The molecule has 274 valence electrons. The average Bonchev–Trinajstić information content (AvgIpc) is 3.04. The van der Waals surface area contributed by atoms with E-state index in [1.54, 1.807) is 6.08 Å². The van der Waals surface area contributed by atoms with Gasteiger partial charge in [0, 0.05) is 12.5 Å². The van der Waals surface area contributed by atoms with Gasteiger partial charge in [0.1, 0.15) is 6.10 Å². The van der Waals surface area contributed by atoms with Crippen LogP contribution in [0.15, 0.2) is 36.0 Å². The lowest BCUT2D eigenvalue weighted by molar-refractivity contribution is -0.150. The van der Waals surface area contributed by atoms with Crippen LogP contribution >= 0.6 is 0 Å². The van der Waals surface area contributed by atoms with Crippen molar-refractivity contribution in [1.82, 2.24) is 4.90 Å². The molecule has 5 nitrogen and oxygen atoms in total. The van der Waals surface area contributed by atoms with Crippen LogP contribution in [0.2, 0.25) is 0 Å². The molecule has 0 radical (unpaired) electrons. The predicted molar refractivity (Wildman–Crippen MR) is 203 cm³/mol. The Morgan fingerprint density at radius 2 is 1.15 bits per heavy atom. The Kier molecular flexibility index (Phi) is 34.0. The normalized spacial score (nSPS) is 12.9. The zero-order valence-electron chi connectivity index (χ0n) is 31.8. The quantitative estimate of drug-likeness (QED) is 0.0298. The van der Waals surface area contributed by atoms with Gasteiger partial charge in [-0.05, 0) is 123 Å². The number of ether oxygens (including phenoxy) is 2. The largest absolute Gasteiger partial charge is 0.463 e. The van der Waals surface area contributed by atoms with E-state index in [-0.39, 0.29) is 18.0 Å². The average molecular weight is 660 g/mol. The number of allylic oxidation sites excluding steroid dienone is 5. The fourth-order valence-corrected chi connectivity index (χ4v) is 5.71. The van der Waals surface area contributed by atoms with Crippen LogP contribution in [0.25, 0.3) is 0 Å². The molecule has 0 aromatic heterocycles. The van der Waals surface area contributed by atoms with Crippen molar-refractivity contribution < 1.29 is 19.1 Å². The Balaban J connectivity index is 4.32. The van der Waals surface area contributed by atoms with Crippen molar-refractivity contribution >= 4 is 11.9 Å². The van der Waals surface area contributed by atoms with E-state index in [1.165, 1.54) is 82.6 Å². The van der Waals surface area contributed by atoms with E-state index in [0.29, 0.717) is 13.0 Å². The fraction of sp³-hybridized carbons (Fsp3) is 0.810. The first kappa shape index (κ1) is 45.1. The lowest BCUT2D eigenvalue weighted by Crippen LogP contribution is -2.20. The summed E-state index contributed by atoms with van der Waals surface area (Å²) in [6.45, 7) is 8.02. The molecular formula is C42H77NO4. The van der Waals surface area contributed by atoms with Crippen LogP contribution in [0.5, 0.6) is 0 Å². The van der Waals surface area contributed by atoms with Gasteiger partial charge in [-0.15, -0.1) is 0 Å². The Morgan fingerprint density at radius 3 is 1.79 bits per heavy atom. The molecule has 0 rings (SSSR count). The van der Waals surface area contributed by atoms with Crippen LogP contribution in [-0.4, -0.2) is 50.2 Å². The van der Waals surface area contributed by atoms with Gasteiger partial charge in [-0.25, -0.2) is 4.79 Å². The number of nitrogens with zero attached hydrogens (tertiary/aromatic N) is 1. The number of hydrogen-bond acceptors (Lipinski definition) is 5. The number of carbonyl (C=O) groups excluding carboxylic acids is 2. The minimum atomic E-state index is -0.186. The highest BCUT2D eigenvalue weighted by atomic mass is 16.5. The molecule has 0 saturated carbocycles. The third kappa shape index (κ3) is 33.8. The molecule has 0 aliphatic rings. The lowest BCUT2D eigenvalue weighted by atomic mass is 10.0. The molecule has 47 heavy (non-hydrogen) atoms. The van der Waals surface area contributed by atoms with Gasteiger partial charge in [0.25, 0.3) is 0 Å². The zero-order valence-corrected chi connectivity index (χ0v) is 31.8. The molecule has 0 spiro atoms. The van der Waals surface area contributed by atoms with Gasteiger partial charge in [-0.1, -0.05) is 108 Å². The summed E-state index contributed by atoms with van der Waals surface area (Å²) in [5.41, 5.74) is 1.24. The second kappa shape index (κ2) is 35.4. The molecule has 5 heteroatoms. The van der Waals surface area contributed by atoms with Crippen molar-refractivity contribution in [3.8, 4) is 0 Å². The molecule has 0 bridgehead atoms. The van der Waals surface area contributed by atoms with Gasteiger partial charge in [-0.2, -0.15) is 0 Å². The molecule has 0 saturated heterocycles. The van der Waals surface area contributed by atoms with Crippen LogP contribution in [0.4, 0.5) is 0 Å². The van der Waals surface area contributed by atoms with Crippen molar-refractivity contribution in [2.24, 2.45) is 0 Å². The van der Waals surface area contributed by atoms with E-state index < -0.39 is 0 Å². The van der Waals surface area contributed by atoms with E-state index in [9.17, 15) is 9.59 Å². The predicted octanol–water partition coefficient (Wildman–Crippen LogP) is 12.2. The monoisotopic (exact) mass is 660 g/mol. The molecule has 1 unspecified atom stereocenters. The van der Waals surface area contributed by atoms with Crippen molar-refractivity contribution in [2.45, 2.75) is 194 Å². The van der Waals surface area contributed by atoms with Crippen molar-refractivity contribution in [1.29, 1.82) is 0 Å². The summed E-state index contributed by atoms with van der Waals surface area (Å²) in [6.07, 6.45) is 39.7. The van der Waals surface area contributed by atoms with Crippen LogP contribution in [0.1, 0.15) is 188 Å². The molecular weight excluding hydrogens is 582 g/mol. The third-order valence-electron chi connectivity index (χ3n) is 8.70. The summed E-state index contributed by atoms with van der Waals surface area (Å²) >= 11 is 0. The summed E-state index contributed by atoms with van der Waals surface area (Å²) < 4.78 is 11.5. The minimum absolute atomic E-state index is 0.00224. The Hall–Kier alpha value is -1.88. The molecule has 0 aliphatic heterocycles. The highest BCUT2D eigenvalue weighted by Gasteiger charge is 2.14. The standard InChI is InChI=1S/C42H77NO4/c1-6-9-12-13-14-15-16-17-18-19-20-21-22-23-24-27-33-40(47-41(44)35-30-36-43(4)5)34-28-25-29-37-46-42(45)38-39(31-11-8-3)32-26-10-7-2/h14-15,17-18,38,40H,6-13,16,19-37H2,1-5H3/b15-14-,18-17-,39-38+. The summed E-state index contributed by atoms with van der Waals surface area (Å²) in [7, 11) is 4.07. The maximum absolute atomic E-state index is 12.5. The first-order chi connectivity index (χ1) is 22.9. The SMILES string of the molecule is CCCCC/C=C\C/C=C\CCCCCCCCC(CCCCCOC(=O)/C=C(\CCCC)CCCCC)OC(=O)CCCN(C)C. The van der Waals surface area contributed by atoms with Gasteiger partial charge < -0.3 is 14.4 Å². The van der Waals surface area contributed by atoms with E-state index in [2.05, 4.69) is 50.0 Å². The number of rotatable bonds is 34. The summed E-state index contributed by atoms with van der Waals surface area (Å²) in [5.74, 6) is -0.245. The van der Waals surface area contributed by atoms with Crippen LogP contribution in [0, 0.1) is 0 Å². The van der Waals surface area contributed by atoms with Gasteiger partial charge in [0.05, 0.1) is 6.61 Å². The second-order valence-corrected chi connectivity index (χ2v) is 13.8. The van der Waals surface area contributed by atoms with Crippen LogP contribution in [-0.2, 0) is 19.1 Å². The van der Waals surface area contributed by atoms with Crippen molar-refractivity contribution in [2.75, 3.05) is 27.2 Å². The molecule has 0 fully saturated rings. The first-order valence-electron chi connectivity index (χ1n) is 19.9. The van der Waals surface area contributed by atoms with Gasteiger partial charge in [0.15, 0.2) is 0 Å². The van der Waals surface area contributed by atoms with Gasteiger partial charge in [0.2, 0.25) is 0 Å². The molecule has 0 N–H and O–H groups in total. The van der Waals surface area contributed by atoms with Crippen LogP contribution in [0.3, 0.4) is 0 Å². The molecule has 0 aromatic rings. The highest BCUT2D eigenvalue weighted by molar-refractivity contribution is 5.82. The van der Waals surface area contributed by atoms with E-state index in [1.807, 2.05) is 14.1 Å². The molecule has 0 amide bonds. The fourth-order valence-electron chi connectivity index (χ4n) is 5.71. The van der Waals surface area contributed by atoms with E-state index >= 15 is 0 Å². The summed E-state index contributed by atoms with van der Waals surface area (Å²) in [5, 5.41) is 0. The highest BCUT2D eigenvalue weighted by Crippen LogP contribution is 2.18. The number of unbranched alkanes of at least 4 members (excludes halogenated alkanes) is 14. The summed E-state index contributed by atoms with van der Waals surface area (Å²) in [4.78, 5) is 27.1. The number of esters is 2. The lowest BCUT2D eigenvalue weighted by Gasteiger charge is -2.18. The van der Waals surface area contributed by atoms with Gasteiger partial charge >= 0.3 is 11.9 Å². The minimum Gasteiger partial charge on any atom is -0.463 e. The van der Waals surface area contributed by atoms with Crippen molar-refractivity contribution in [3.05, 3.63) is 36.0 Å². The molecule has 0 aliphatic carbocycles. The number of hydrogen-bond donors (Lipinski definition) is 0. The van der Waals surface area contributed by atoms with Gasteiger partial charge in [-0.3, -0.25) is 4.79 Å². The Bertz CT molecular complexity index is 800. The maximum Gasteiger partial charge on any atom is 0.330 e. The third-order valence-corrected chi connectivity index (χ3v) is 8.70. The molecule has 1 atom stereocenters. The number of carbonyl (C=O) groups is 2. The Labute approximate surface area is 292 Å². The first-order valence-corrected chi connectivity index (χ1v) is 19.9. The smallest absolute Gasteiger partial charge is 0.330 e. The van der Waals surface area contributed by atoms with E-state index in [0.717, 1.165) is 90.0 Å². The zero-order chi connectivity index (χ0) is 34.6. The summed E-state index contributed by atoms with van der Waals surface area (Å²) in [6, 6.07) is 0. The maximum atomic E-state index is 12.5.